The first-order chi connectivity index (χ1) is 17.1. The minimum atomic E-state index is -0.760. The maximum Gasteiger partial charge on any atom is 0.253 e. The topological polar surface area (TPSA) is 129 Å². The van der Waals surface area contributed by atoms with Crippen LogP contribution in [0.4, 0.5) is 5.69 Å². The molecule has 5 amide bonds. The first-order valence-corrected chi connectivity index (χ1v) is 12.3. The molecule has 4 N–H and O–H groups in total. The summed E-state index contributed by atoms with van der Waals surface area (Å²) in [6.07, 6.45) is 4.57. The molecule has 2 rings (SSSR count). The molecule has 0 fully saturated rings. The first kappa shape index (κ1) is 28.7. The highest BCUT2D eigenvalue weighted by molar-refractivity contribution is 6.12. The maximum absolute atomic E-state index is 12.6. The summed E-state index contributed by atoms with van der Waals surface area (Å²) in [5, 5.41) is 8.10. The number of hydrogen-bond donors (Lipinski definition) is 4. The lowest BCUT2D eigenvalue weighted by Crippen LogP contribution is -3.04. The van der Waals surface area contributed by atoms with Crippen molar-refractivity contribution in [2.75, 3.05) is 32.5 Å². The molecule has 0 bridgehead atoms. The van der Waals surface area contributed by atoms with E-state index in [0.717, 1.165) is 12.1 Å². The summed E-state index contributed by atoms with van der Waals surface area (Å²) in [4.78, 5) is 62.8. The van der Waals surface area contributed by atoms with Crippen molar-refractivity contribution in [1.82, 2.24) is 15.5 Å². The third-order valence-corrected chi connectivity index (χ3v) is 5.67. The minimum Gasteiger partial charge on any atom is -0.345 e. The van der Waals surface area contributed by atoms with Gasteiger partial charge >= 0.3 is 0 Å². The van der Waals surface area contributed by atoms with Crippen molar-refractivity contribution < 1.29 is 28.9 Å². The molecule has 0 saturated heterocycles. The van der Waals surface area contributed by atoms with E-state index < -0.39 is 11.9 Å². The Morgan fingerprint density at radius 1 is 0.917 bits per heavy atom. The summed E-state index contributed by atoms with van der Waals surface area (Å²) in [5.74, 6) is -1.82. The Morgan fingerprint density at radius 3 is 2.14 bits per heavy atom. The zero-order chi connectivity index (χ0) is 26.7. The van der Waals surface area contributed by atoms with Crippen LogP contribution in [-0.2, 0) is 30.5 Å². The van der Waals surface area contributed by atoms with Crippen molar-refractivity contribution in [3.8, 4) is 0 Å². The number of imide groups is 1. The third kappa shape index (κ3) is 9.61. The monoisotopic (exact) mass is 500 g/mol. The molecule has 0 aliphatic carbocycles. The third-order valence-electron chi connectivity index (χ3n) is 5.67. The van der Waals surface area contributed by atoms with Crippen molar-refractivity contribution in [2.45, 2.75) is 52.1 Å². The molecule has 1 aliphatic heterocycles. The lowest BCUT2D eigenvalue weighted by molar-refractivity contribution is -0.872. The number of anilines is 1. The molecule has 1 aromatic carbocycles. The molecule has 1 heterocycles. The second kappa shape index (κ2) is 14.1. The van der Waals surface area contributed by atoms with Crippen LogP contribution in [0.1, 0.15) is 45.1 Å². The molecular weight excluding hydrogens is 462 g/mol. The van der Waals surface area contributed by atoms with Crippen LogP contribution in [0.3, 0.4) is 0 Å². The van der Waals surface area contributed by atoms with E-state index >= 15 is 0 Å². The molecule has 0 saturated carbocycles. The summed E-state index contributed by atoms with van der Waals surface area (Å²) in [7, 11) is 4.13. The van der Waals surface area contributed by atoms with Crippen LogP contribution in [0.25, 0.3) is 0 Å². The van der Waals surface area contributed by atoms with Gasteiger partial charge in [0.2, 0.25) is 17.7 Å². The van der Waals surface area contributed by atoms with Gasteiger partial charge in [0.05, 0.1) is 20.6 Å². The van der Waals surface area contributed by atoms with Crippen LogP contribution in [0.5, 0.6) is 0 Å². The van der Waals surface area contributed by atoms with E-state index in [0.29, 0.717) is 31.5 Å². The average molecular weight is 501 g/mol. The summed E-state index contributed by atoms with van der Waals surface area (Å²) < 4.78 is 0. The first-order valence-electron chi connectivity index (χ1n) is 12.3. The molecule has 36 heavy (non-hydrogen) atoms. The quantitative estimate of drug-likeness (QED) is 0.211. The van der Waals surface area contributed by atoms with Crippen LogP contribution in [-0.4, -0.2) is 67.7 Å². The molecule has 10 heteroatoms. The molecule has 0 spiro atoms. The molecular formula is C26H38N5O5+. The van der Waals surface area contributed by atoms with Gasteiger partial charge in [-0.1, -0.05) is 32.4 Å². The fraction of sp³-hybridized carbons (Fsp3) is 0.500. The zero-order valence-corrected chi connectivity index (χ0v) is 21.6. The van der Waals surface area contributed by atoms with Gasteiger partial charge in [-0.25, -0.2) is 0 Å². The van der Waals surface area contributed by atoms with Crippen molar-refractivity contribution in [2.24, 2.45) is 5.92 Å². The number of hydrogen-bond acceptors (Lipinski definition) is 5. The van der Waals surface area contributed by atoms with Crippen LogP contribution in [0.15, 0.2) is 36.4 Å². The van der Waals surface area contributed by atoms with E-state index in [9.17, 15) is 24.0 Å². The number of amides is 5. The van der Waals surface area contributed by atoms with Crippen LogP contribution >= 0.6 is 0 Å². The highest BCUT2D eigenvalue weighted by atomic mass is 16.2. The fourth-order valence-corrected chi connectivity index (χ4v) is 3.76. The number of nitrogens with one attached hydrogen (secondary N) is 4. The smallest absolute Gasteiger partial charge is 0.253 e. The van der Waals surface area contributed by atoms with Gasteiger partial charge in [0.1, 0.15) is 12.6 Å². The normalized spacial score (nSPS) is 13.9. The van der Waals surface area contributed by atoms with Crippen molar-refractivity contribution in [3.63, 3.8) is 0 Å². The summed E-state index contributed by atoms with van der Waals surface area (Å²) in [6, 6.07) is 6.80. The molecule has 0 radical (unpaired) electrons. The maximum atomic E-state index is 12.6. The standard InChI is InChI=1S/C26H37N5O5/c1-18(2)25(29-21(32)8-6-5-7-15-31-23(34)13-14-24(31)35)26(36)27-16-22(33)28-20-11-9-19(10-12-20)17-30(3)4/h9-14,18,25H,5-8,15-17H2,1-4H3,(H,27,36)(H,28,33)(H,29,32)/p+1/t25-/m0/s1. The lowest BCUT2D eigenvalue weighted by Gasteiger charge is -2.21. The number of nitrogens with zero attached hydrogens (tertiary/aromatic N) is 1. The van der Waals surface area contributed by atoms with Gasteiger partial charge in [0.25, 0.3) is 11.8 Å². The molecule has 1 aromatic rings. The Labute approximate surface area is 212 Å². The molecule has 10 nitrogen and oxygen atoms in total. The second-order valence-electron chi connectivity index (χ2n) is 9.61. The predicted octanol–water partition coefficient (Wildman–Crippen LogP) is 0.0120. The Hall–Kier alpha value is -3.53. The van der Waals surface area contributed by atoms with Gasteiger partial charge in [-0.2, -0.15) is 0 Å². The fourth-order valence-electron chi connectivity index (χ4n) is 3.76. The van der Waals surface area contributed by atoms with Crippen LogP contribution < -0.4 is 20.9 Å². The summed E-state index contributed by atoms with van der Waals surface area (Å²) in [5.41, 5.74) is 1.81. The number of rotatable bonds is 14. The number of unbranched alkanes of at least 4 members (excludes halogenated alkanes) is 2. The molecule has 0 unspecified atom stereocenters. The molecule has 1 atom stereocenters. The van der Waals surface area contributed by atoms with Crippen molar-refractivity contribution in [1.29, 1.82) is 0 Å². The summed E-state index contributed by atoms with van der Waals surface area (Å²) >= 11 is 0. The Kier molecular flexibility index (Phi) is 11.3. The van der Waals surface area contributed by atoms with E-state index in [1.54, 1.807) is 0 Å². The van der Waals surface area contributed by atoms with Gasteiger partial charge in [-0.3, -0.25) is 28.9 Å². The number of carbonyl (C=O) groups excluding carboxylic acids is 5. The SMILES string of the molecule is CC(C)[C@H](NC(=O)CCCCCN1C(=O)C=CC1=O)C(=O)NCC(=O)Nc1ccc(C[NH+](C)C)cc1. The number of benzene rings is 1. The number of quaternary nitrogens is 1. The zero-order valence-electron chi connectivity index (χ0n) is 21.6. The van der Waals surface area contributed by atoms with Crippen LogP contribution in [0, 0.1) is 5.92 Å². The predicted molar refractivity (Wildman–Crippen MR) is 136 cm³/mol. The summed E-state index contributed by atoms with van der Waals surface area (Å²) in [6.45, 7) is 4.64. The van der Waals surface area contributed by atoms with Gasteiger partial charge < -0.3 is 20.9 Å². The van der Waals surface area contributed by atoms with E-state index in [2.05, 4.69) is 30.0 Å². The molecule has 196 valence electrons. The highest BCUT2D eigenvalue weighted by Gasteiger charge is 2.25. The van der Waals surface area contributed by atoms with Gasteiger partial charge in [0, 0.05) is 36.4 Å². The van der Waals surface area contributed by atoms with E-state index in [1.807, 2.05) is 38.1 Å². The van der Waals surface area contributed by atoms with Gasteiger partial charge in [-0.15, -0.1) is 0 Å². The minimum absolute atomic E-state index is 0.164. The van der Waals surface area contributed by atoms with E-state index in [1.165, 1.54) is 22.0 Å². The molecule has 1 aliphatic rings. The van der Waals surface area contributed by atoms with Crippen molar-refractivity contribution in [3.05, 3.63) is 42.0 Å². The largest absolute Gasteiger partial charge is 0.345 e. The Bertz CT molecular complexity index is 953. The Balaban J connectivity index is 1.70. The molecule has 0 aromatic heterocycles. The average Bonchev–Trinajstić information content (AvgIpc) is 3.13. The van der Waals surface area contributed by atoms with E-state index in [4.69, 9.17) is 0 Å². The van der Waals surface area contributed by atoms with Gasteiger partial charge in [-0.05, 0) is 30.9 Å². The van der Waals surface area contributed by atoms with Crippen molar-refractivity contribution >= 4 is 35.2 Å². The number of carbonyl (C=O) groups is 5. The van der Waals surface area contributed by atoms with Gasteiger partial charge in [0.15, 0.2) is 0 Å². The van der Waals surface area contributed by atoms with E-state index in [-0.39, 0.29) is 42.5 Å². The highest BCUT2D eigenvalue weighted by Crippen LogP contribution is 2.10. The lowest BCUT2D eigenvalue weighted by atomic mass is 10.0. The van der Waals surface area contributed by atoms with Crippen LogP contribution in [0.2, 0.25) is 0 Å². The second-order valence-corrected chi connectivity index (χ2v) is 9.61. The Morgan fingerprint density at radius 2 is 1.56 bits per heavy atom.